The molecule has 1 saturated heterocycles. The standard InChI is InChI=1S/C13H21ClN2OS/c1-10(13-15-12(6-14)9-18-13)16(2)7-11-4-3-5-17-8-11/h9-11H,3-8H2,1-2H3. The molecule has 18 heavy (non-hydrogen) atoms. The van der Waals surface area contributed by atoms with Crippen molar-refractivity contribution in [3.63, 3.8) is 0 Å². The van der Waals surface area contributed by atoms with E-state index in [1.807, 2.05) is 0 Å². The SMILES string of the molecule is CC(c1nc(CCl)cs1)N(C)CC1CCCOC1. The van der Waals surface area contributed by atoms with E-state index in [1.54, 1.807) is 11.3 Å². The van der Waals surface area contributed by atoms with Gasteiger partial charge < -0.3 is 4.74 Å². The van der Waals surface area contributed by atoms with Gasteiger partial charge in [-0.05, 0) is 32.7 Å². The summed E-state index contributed by atoms with van der Waals surface area (Å²) in [7, 11) is 2.17. The first kappa shape index (κ1) is 14.3. The topological polar surface area (TPSA) is 25.4 Å². The molecule has 2 rings (SSSR count). The van der Waals surface area contributed by atoms with Gasteiger partial charge in [0.2, 0.25) is 0 Å². The summed E-state index contributed by atoms with van der Waals surface area (Å²) in [6.07, 6.45) is 2.47. The normalized spacial score (nSPS) is 22.3. The number of thiazole rings is 1. The number of aromatic nitrogens is 1. The molecule has 2 atom stereocenters. The Balaban J connectivity index is 1.88. The van der Waals surface area contributed by atoms with Gasteiger partial charge in [-0.3, -0.25) is 4.90 Å². The minimum absolute atomic E-state index is 0.355. The van der Waals surface area contributed by atoms with Crippen LogP contribution >= 0.6 is 22.9 Å². The molecule has 1 fully saturated rings. The Kier molecular flexibility index (Phi) is 5.42. The van der Waals surface area contributed by atoms with Crippen LogP contribution in [0, 0.1) is 5.92 Å². The van der Waals surface area contributed by atoms with Gasteiger partial charge in [-0.1, -0.05) is 0 Å². The third-order valence-electron chi connectivity index (χ3n) is 3.53. The molecule has 1 aliphatic rings. The summed E-state index contributed by atoms with van der Waals surface area (Å²) in [6.45, 7) is 5.13. The molecule has 1 aromatic heterocycles. The van der Waals surface area contributed by atoms with Crippen LogP contribution in [0.5, 0.6) is 0 Å². The molecule has 1 aromatic rings. The molecule has 0 radical (unpaired) electrons. The number of ether oxygens (including phenoxy) is 1. The highest BCUT2D eigenvalue weighted by molar-refractivity contribution is 7.09. The van der Waals surface area contributed by atoms with E-state index in [0.717, 1.165) is 30.5 Å². The van der Waals surface area contributed by atoms with Crippen molar-refractivity contribution in [2.75, 3.05) is 26.8 Å². The molecule has 5 heteroatoms. The van der Waals surface area contributed by atoms with Crippen LogP contribution in [0.3, 0.4) is 0 Å². The maximum absolute atomic E-state index is 5.79. The number of halogens is 1. The highest BCUT2D eigenvalue weighted by Gasteiger charge is 2.21. The number of hydrogen-bond acceptors (Lipinski definition) is 4. The van der Waals surface area contributed by atoms with Crippen molar-refractivity contribution in [2.45, 2.75) is 31.7 Å². The van der Waals surface area contributed by atoms with Crippen molar-refractivity contribution in [1.29, 1.82) is 0 Å². The molecule has 0 aliphatic carbocycles. The summed E-state index contributed by atoms with van der Waals surface area (Å²) in [5.74, 6) is 1.17. The third-order valence-corrected chi connectivity index (χ3v) is 4.86. The molecule has 102 valence electrons. The molecule has 0 N–H and O–H groups in total. The van der Waals surface area contributed by atoms with Crippen molar-refractivity contribution in [2.24, 2.45) is 5.92 Å². The van der Waals surface area contributed by atoms with Gasteiger partial charge in [0.15, 0.2) is 0 Å². The van der Waals surface area contributed by atoms with E-state index < -0.39 is 0 Å². The smallest absolute Gasteiger partial charge is 0.110 e. The first-order chi connectivity index (χ1) is 8.70. The molecule has 0 bridgehead atoms. The molecule has 1 aliphatic heterocycles. The monoisotopic (exact) mass is 288 g/mol. The number of rotatable bonds is 5. The van der Waals surface area contributed by atoms with Crippen molar-refractivity contribution < 1.29 is 4.74 Å². The zero-order valence-corrected chi connectivity index (χ0v) is 12.6. The van der Waals surface area contributed by atoms with E-state index in [2.05, 4.69) is 29.2 Å². The van der Waals surface area contributed by atoms with Gasteiger partial charge >= 0.3 is 0 Å². The van der Waals surface area contributed by atoms with Gasteiger partial charge in [0, 0.05) is 18.5 Å². The molecular formula is C13H21ClN2OS. The molecule has 0 saturated carbocycles. The highest BCUT2D eigenvalue weighted by atomic mass is 35.5. The predicted molar refractivity (Wildman–Crippen MR) is 76.3 cm³/mol. The maximum Gasteiger partial charge on any atom is 0.110 e. The Labute approximate surface area is 118 Å². The van der Waals surface area contributed by atoms with Gasteiger partial charge in [-0.15, -0.1) is 22.9 Å². The zero-order chi connectivity index (χ0) is 13.0. The minimum Gasteiger partial charge on any atom is -0.381 e. The summed E-state index contributed by atoms with van der Waals surface area (Å²) in [4.78, 5) is 6.93. The van der Waals surface area contributed by atoms with Crippen LogP contribution in [0.4, 0.5) is 0 Å². The summed E-state index contributed by atoms with van der Waals surface area (Å²) in [5, 5.41) is 3.21. The van der Waals surface area contributed by atoms with Crippen molar-refractivity contribution in [3.05, 3.63) is 16.1 Å². The van der Waals surface area contributed by atoms with Gasteiger partial charge in [0.05, 0.1) is 24.2 Å². The first-order valence-corrected chi connectivity index (χ1v) is 7.90. The lowest BCUT2D eigenvalue weighted by molar-refractivity contribution is 0.0371. The van der Waals surface area contributed by atoms with E-state index in [4.69, 9.17) is 16.3 Å². The molecule has 2 unspecified atom stereocenters. The quantitative estimate of drug-likeness (QED) is 0.778. The molecular weight excluding hydrogens is 268 g/mol. The van der Waals surface area contributed by atoms with E-state index in [1.165, 1.54) is 12.8 Å². The van der Waals surface area contributed by atoms with Crippen LogP contribution in [0.1, 0.15) is 36.5 Å². The molecule has 0 aromatic carbocycles. The minimum atomic E-state index is 0.355. The fourth-order valence-electron chi connectivity index (χ4n) is 2.28. The van der Waals surface area contributed by atoms with Crippen LogP contribution in [0.25, 0.3) is 0 Å². The molecule has 3 nitrogen and oxygen atoms in total. The second-order valence-corrected chi connectivity index (χ2v) is 6.17. The molecule has 0 spiro atoms. The van der Waals surface area contributed by atoms with Crippen LogP contribution in [-0.4, -0.2) is 36.7 Å². The van der Waals surface area contributed by atoms with Gasteiger partial charge in [-0.2, -0.15) is 0 Å². The number of nitrogens with zero attached hydrogens (tertiary/aromatic N) is 2. The number of alkyl halides is 1. The lowest BCUT2D eigenvalue weighted by atomic mass is 10.0. The third kappa shape index (κ3) is 3.67. The second-order valence-electron chi connectivity index (χ2n) is 5.01. The van der Waals surface area contributed by atoms with Gasteiger partial charge in [0.25, 0.3) is 0 Å². The van der Waals surface area contributed by atoms with E-state index in [-0.39, 0.29) is 0 Å². The summed E-state index contributed by atoms with van der Waals surface area (Å²) in [6, 6.07) is 0.355. The van der Waals surface area contributed by atoms with Gasteiger partial charge in [0.1, 0.15) is 5.01 Å². The Morgan fingerprint density at radius 2 is 2.50 bits per heavy atom. The average Bonchev–Trinajstić information content (AvgIpc) is 2.87. The van der Waals surface area contributed by atoms with Crippen LogP contribution in [0.15, 0.2) is 5.38 Å². The average molecular weight is 289 g/mol. The Morgan fingerprint density at radius 3 is 3.11 bits per heavy atom. The van der Waals surface area contributed by atoms with Crippen LogP contribution in [0.2, 0.25) is 0 Å². The number of hydrogen-bond donors (Lipinski definition) is 0. The van der Waals surface area contributed by atoms with E-state index in [9.17, 15) is 0 Å². The predicted octanol–water partition coefficient (Wildman–Crippen LogP) is 3.30. The summed E-state index contributed by atoms with van der Waals surface area (Å²) >= 11 is 7.50. The maximum atomic E-state index is 5.79. The molecule has 2 heterocycles. The fraction of sp³-hybridized carbons (Fsp3) is 0.769. The fourth-order valence-corrected chi connectivity index (χ4v) is 3.45. The second kappa shape index (κ2) is 6.85. The first-order valence-electron chi connectivity index (χ1n) is 6.49. The van der Waals surface area contributed by atoms with E-state index >= 15 is 0 Å². The van der Waals surface area contributed by atoms with Crippen molar-refractivity contribution in [1.82, 2.24) is 9.88 Å². The largest absolute Gasteiger partial charge is 0.381 e. The Morgan fingerprint density at radius 1 is 1.67 bits per heavy atom. The van der Waals surface area contributed by atoms with Crippen LogP contribution in [-0.2, 0) is 10.6 Å². The zero-order valence-electron chi connectivity index (χ0n) is 11.1. The van der Waals surface area contributed by atoms with Crippen LogP contribution < -0.4 is 0 Å². The Hall–Kier alpha value is -0.160. The summed E-state index contributed by atoms with van der Waals surface area (Å²) in [5.41, 5.74) is 0.984. The lowest BCUT2D eigenvalue weighted by Gasteiger charge is -2.30. The van der Waals surface area contributed by atoms with Crippen molar-refractivity contribution >= 4 is 22.9 Å². The highest BCUT2D eigenvalue weighted by Crippen LogP contribution is 2.25. The van der Waals surface area contributed by atoms with Gasteiger partial charge in [-0.25, -0.2) is 4.98 Å². The molecule has 0 amide bonds. The summed E-state index contributed by atoms with van der Waals surface area (Å²) < 4.78 is 5.53. The Bertz CT molecular complexity index is 366. The van der Waals surface area contributed by atoms with E-state index in [0.29, 0.717) is 17.8 Å². The van der Waals surface area contributed by atoms with Crippen molar-refractivity contribution in [3.8, 4) is 0 Å². The lowest BCUT2D eigenvalue weighted by Crippen LogP contribution is -2.32.